The molecular formula is C10H10N2O5S2. The molecular weight excluding hydrogens is 292 g/mol. The molecule has 2 aromatic heterocycles. The van der Waals surface area contributed by atoms with Crippen molar-refractivity contribution in [3.05, 3.63) is 34.5 Å². The van der Waals surface area contributed by atoms with Crippen molar-refractivity contribution < 1.29 is 22.8 Å². The standard InChI is InChI=1S/C10H10N2O5S2/c1-6-4-7(17-12-6)5-11-19(15,16)9-3-2-8(18-9)10(13)14/h2-4,11H,5H2,1H3,(H,13,14). The number of rotatable bonds is 5. The number of carboxylic acid groups (broad SMARTS) is 1. The van der Waals surface area contributed by atoms with Gasteiger partial charge in [-0.3, -0.25) is 0 Å². The third-order valence-electron chi connectivity index (χ3n) is 2.17. The van der Waals surface area contributed by atoms with Gasteiger partial charge in [-0.05, 0) is 19.1 Å². The second-order valence-electron chi connectivity index (χ2n) is 3.68. The highest BCUT2D eigenvalue weighted by Gasteiger charge is 2.19. The van der Waals surface area contributed by atoms with Crippen molar-refractivity contribution in [2.45, 2.75) is 17.7 Å². The van der Waals surface area contributed by atoms with Crippen molar-refractivity contribution >= 4 is 27.3 Å². The summed E-state index contributed by atoms with van der Waals surface area (Å²) in [6.45, 7) is 1.68. The minimum absolute atomic E-state index is 0.0316. The van der Waals surface area contributed by atoms with Crippen LogP contribution in [0.3, 0.4) is 0 Å². The Morgan fingerprint density at radius 2 is 2.26 bits per heavy atom. The number of aromatic nitrogens is 1. The summed E-state index contributed by atoms with van der Waals surface area (Å²) < 4.78 is 30.9. The fourth-order valence-electron chi connectivity index (χ4n) is 1.32. The van der Waals surface area contributed by atoms with Crippen molar-refractivity contribution in [3.63, 3.8) is 0 Å². The summed E-state index contributed by atoms with van der Waals surface area (Å²) in [5.41, 5.74) is 0.651. The highest BCUT2D eigenvalue weighted by molar-refractivity contribution is 7.91. The number of aromatic carboxylic acids is 1. The van der Waals surface area contributed by atoms with Crippen LogP contribution in [0.1, 0.15) is 21.1 Å². The van der Waals surface area contributed by atoms with Crippen molar-refractivity contribution in [2.75, 3.05) is 0 Å². The number of thiophene rings is 1. The summed E-state index contributed by atoms with van der Waals surface area (Å²) in [5, 5.41) is 12.4. The largest absolute Gasteiger partial charge is 0.477 e. The number of sulfonamides is 1. The Morgan fingerprint density at radius 1 is 1.53 bits per heavy atom. The van der Waals surface area contributed by atoms with Crippen LogP contribution in [0.25, 0.3) is 0 Å². The first kappa shape index (κ1) is 13.7. The summed E-state index contributed by atoms with van der Waals surface area (Å²) in [6.07, 6.45) is 0. The van der Waals surface area contributed by atoms with Crippen molar-refractivity contribution in [1.82, 2.24) is 9.88 Å². The molecule has 2 heterocycles. The van der Waals surface area contributed by atoms with Gasteiger partial charge in [0.05, 0.1) is 12.2 Å². The average molecular weight is 302 g/mol. The first-order valence-corrected chi connectivity index (χ1v) is 7.43. The van der Waals surface area contributed by atoms with E-state index in [1.54, 1.807) is 13.0 Å². The number of carboxylic acids is 1. The number of hydrogen-bond acceptors (Lipinski definition) is 6. The lowest BCUT2D eigenvalue weighted by molar-refractivity contribution is 0.0702. The third-order valence-corrected chi connectivity index (χ3v) is 5.14. The maximum Gasteiger partial charge on any atom is 0.345 e. The molecule has 0 atom stereocenters. The minimum Gasteiger partial charge on any atom is -0.477 e. The lowest BCUT2D eigenvalue weighted by Gasteiger charge is -2.01. The Bertz CT molecular complexity index is 701. The van der Waals surface area contributed by atoms with Crippen LogP contribution in [-0.2, 0) is 16.6 Å². The van der Waals surface area contributed by atoms with Gasteiger partial charge in [-0.1, -0.05) is 5.16 Å². The van der Waals surface area contributed by atoms with Gasteiger partial charge < -0.3 is 9.63 Å². The molecule has 0 saturated heterocycles. The Labute approximate surface area is 112 Å². The van der Waals surface area contributed by atoms with E-state index in [1.807, 2.05) is 0 Å². The van der Waals surface area contributed by atoms with Gasteiger partial charge in [-0.2, -0.15) is 0 Å². The smallest absolute Gasteiger partial charge is 0.345 e. The Hall–Kier alpha value is -1.71. The molecule has 0 aliphatic carbocycles. The van der Waals surface area contributed by atoms with Crippen LogP contribution in [0, 0.1) is 6.92 Å². The molecule has 0 saturated carbocycles. The molecule has 0 aromatic carbocycles. The van der Waals surface area contributed by atoms with Gasteiger partial charge in [0.2, 0.25) is 10.0 Å². The summed E-state index contributed by atoms with van der Waals surface area (Å²) in [5.74, 6) is -0.770. The molecule has 0 unspecified atom stereocenters. The van der Waals surface area contributed by atoms with Crippen LogP contribution >= 0.6 is 11.3 Å². The molecule has 0 fully saturated rings. The maximum atomic E-state index is 11.9. The van der Waals surface area contributed by atoms with Crippen LogP contribution in [0.15, 0.2) is 26.9 Å². The second kappa shape index (κ2) is 5.11. The van der Waals surface area contributed by atoms with Crippen molar-refractivity contribution in [3.8, 4) is 0 Å². The van der Waals surface area contributed by atoms with Gasteiger partial charge in [0, 0.05) is 6.07 Å². The first-order chi connectivity index (χ1) is 8.88. The van der Waals surface area contributed by atoms with Gasteiger partial charge >= 0.3 is 5.97 Å². The molecule has 0 radical (unpaired) electrons. The predicted octanol–water partition coefficient (Wildman–Crippen LogP) is 1.22. The SMILES string of the molecule is Cc1cc(CNS(=O)(=O)c2ccc(C(=O)O)s2)on1. The van der Waals surface area contributed by atoms with Gasteiger partial charge in [0.1, 0.15) is 9.09 Å². The van der Waals surface area contributed by atoms with E-state index in [0.717, 1.165) is 0 Å². The van der Waals surface area contributed by atoms with Crippen LogP contribution in [0.5, 0.6) is 0 Å². The summed E-state index contributed by atoms with van der Waals surface area (Å²) in [7, 11) is -3.74. The Kier molecular flexibility index (Phi) is 3.69. The van der Waals surface area contributed by atoms with Crippen LogP contribution < -0.4 is 4.72 Å². The molecule has 102 valence electrons. The summed E-state index contributed by atoms with van der Waals surface area (Å²) in [6, 6.07) is 4.11. The summed E-state index contributed by atoms with van der Waals surface area (Å²) in [4.78, 5) is 10.7. The molecule has 0 amide bonds. The molecule has 0 aliphatic rings. The van der Waals surface area contributed by atoms with Crippen molar-refractivity contribution in [1.29, 1.82) is 0 Å². The monoisotopic (exact) mass is 302 g/mol. The zero-order valence-corrected chi connectivity index (χ0v) is 11.4. The van der Waals surface area contributed by atoms with Crippen LogP contribution in [0.2, 0.25) is 0 Å². The fraction of sp³-hybridized carbons (Fsp3) is 0.200. The number of carbonyl (C=O) groups is 1. The number of nitrogens with zero attached hydrogens (tertiary/aromatic N) is 1. The zero-order chi connectivity index (χ0) is 14.0. The lowest BCUT2D eigenvalue weighted by Crippen LogP contribution is -2.22. The highest BCUT2D eigenvalue weighted by atomic mass is 32.2. The van der Waals surface area contributed by atoms with Gasteiger partial charge in [0.25, 0.3) is 0 Å². The summed E-state index contributed by atoms with van der Waals surface area (Å²) >= 11 is 0.692. The molecule has 7 nitrogen and oxygen atoms in total. The van der Waals surface area contributed by atoms with Crippen LogP contribution in [0.4, 0.5) is 0 Å². The first-order valence-electron chi connectivity index (χ1n) is 5.13. The van der Waals surface area contributed by atoms with E-state index in [4.69, 9.17) is 9.63 Å². The third kappa shape index (κ3) is 3.19. The molecule has 0 aliphatic heterocycles. The zero-order valence-electron chi connectivity index (χ0n) is 9.78. The van der Waals surface area contributed by atoms with Gasteiger partial charge in [-0.15, -0.1) is 11.3 Å². The molecule has 0 bridgehead atoms. The average Bonchev–Trinajstić information content (AvgIpc) is 2.95. The normalized spacial score (nSPS) is 11.6. The van der Waals surface area contributed by atoms with E-state index in [9.17, 15) is 13.2 Å². The predicted molar refractivity (Wildman–Crippen MR) is 66.5 cm³/mol. The number of aryl methyl sites for hydroxylation is 1. The molecule has 2 N–H and O–H groups in total. The van der Waals surface area contributed by atoms with Crippen LogP contribution in [-0.4, -0.2) is 24.7 Å². The molecule has 2 aromatic rings. The van der Waals surface area contributed by atoms with E-state index in [1.165, 1.54) is 12.1 Å². The molecule has 9 heteroatoms. The highest BCUT2D eigenvalue weighted by Crippen LogP contribution is 2.21. The Morgan fingerprint density at radius 3 is 2.79 bits per heavy atom. The maximum absolute atomic E-state index is 11.9. The molecule has 19 heavy (non-hydrogen) atoms. The Balaban J connectivity index is 2.11. The van der Waals surface area contributed by atoms with E-state index >= 15 is 0 Å². The van der Waals surface area contributed by atoms with Gasteiger partial charge in [-0.25, -0.2) is 17.9 Å². The number of nitrogens with one attached hydrogen (secondary N) is 1. The van der Waals surface area contributed by atoms with Gasteiger partial charge in [0.15, 0.2) is 5.76 Å². The van der Waals surface area contributed by atoms with E-state index < -0.39 is 16.0 Å². The minimum atomic E-state index is -3.74. The van der Waals surface area contributed by atoms with Crippen molar-refractivity contribution in [2.24, 2.45) is 0 Å². The molecule has 2 rings (SSSR count). The van der Waals surface area contributed by atoms with E-state index in [-0.39, 0.29) is 15.6 Å². The lowest BCUT2D eigenvalue weighted by atomic mass is 10.4. The number of hydrogen-bond donors (Lipinski definition) is 2. The van der Waals surface area contributed by atoms with E-state index in [0.29, 0.717) is 22.8 Å². The van der Waals surface area contributed by atoms with E-state index in [2.05, 4.69) is 9.88 Å². The topological polar surface area (TPSA) is 110 Å². The quantitative estimate of drug-likeness (QED) is 0.859. The second-order valence-corrected chi connectivity index (χ2v) is 6.76. The fourth-order valence-corrected chi connectivity index (χ4v) is 3.50. The molecule has 0 spiro atoms.